The zero-order valence-electron chi connectivity index (χ0n) is 19.8. The van der Waals surface area contributed by atoms with Gasteiger partial charge in [-0.1, -0.05) is 78.9 Å². The van der Waals surface area contributed by atoms with Crippen LogP contribution in [-0.4, -0.2) is 23.1 Å². The SMILES string of the molecule is O=C([O-])C1(C=NC(c2ccccc2)c2ccccc2N=C([O-])c2ccccn2)Cc2ccccc2C1.[Ni+2]. The van der Waals surface area contributed by atoms with Gasteiger partial charge in [-0.25, -0.2) is 0 Å². The summed E-state index contributed by atoms with van der Waals surface area (Å²) >= 11 is 0. The van der Waals surface area contributed by atoms with Crippen molar-refractivity contribution in [2.24, 2.45) is 15.4 Å². The molecular weight excluding hydrogens is 509 g/mol. The summed E-state index contributed by atoms with van der Waals surface area (Å²) in [7, 11) is 0. The third kappa shape index (κ3) is 5.52. The summed E-state index contributed by atoms with van der Waals surface area (Å²) in [6, 6.07) is 29.0. The molecule has 0 saturated carbocycles. The molecule has 1 atom stereocenters. The number of rotatable bonds is 7. The number of carbonyl (C=O) groups excluding carboxylic acids is 1. The molecule has 1 aliphatic rings. The van der Waals surface area contributed by atoms with E-state index in [1.165, 1.54) is 6.21 Å². The first-order chi connectivity index (χ1) is 17.6. The van der Waals surface area contributed by atoms with Crippen molar-refractivity contribution in [2.45, 2.75) is 18.9 Å². The number of aliphatic carboxylic acids is 1. The summed E-state index contributed by atoms with van der Waals surface area (Å²) in [6.07, 6.45) is 3.71. The molecule has 0 aliphatic heterocycles. The molecule has 3 aromatic carbocycles. The Kier molecular flexibility index (Phi) is 7.95. The number of carboxylic acid groups (broad SMARTS) is 1. The molecule has 186 valence electrons. The molecule has 0 bridgehead atoms. The number of para-hydroxylation sites is 1. The molecule has 0 N–H and O–H groups in total. The van der Waals surface area contributed by atoms with Crippen LogP contribution in [0.2, 0.25) is 0 Å². The molecular formula is C30H23N3NiO3. The number of pyridine rings is 1. The maximum atomic E-state index is 12.8. The number of benzene rings is 3. The Hall–Kier alpha value is -4.09. The van der Waals surface area contributed by atoms with Gasteiger partial charge in [0.25, 0.3) is 0 Å². The summed E-state index contributed by atoms with van der Waals surface area (Å²) < 4.78 is 0. The van der Waals surface area contributed by atoms with E-state index in [2.05, 4.69) is 9.98 Å². The average Bonchev–Trinajstić information content (AvgIpc) is 3.31. The third-order valence-corrected chi connectivity index (χ3v) is 6.46. The fourth-order valence-corrected chi connectivity index (χ4v) is 4.61. The van der Waals surface area contributed by atoms with Gasteiger partial charge < -0.3 is 15.0 Å². The largest absolute Gasteiger partial charge is 2.00 e. The van der Waals surface area contributed by atoms with Gasteiger partial charge in [-0.3, -0.25) is 15.0 Å². The molecule has 1 heterocycles. The number of carbonyl (C=O) groups is 1. The van der Waals surface area contributed by atoms with Gasteiger partial charge in [0, 0.05) is 23.9 Å². The number of aromatic nitrogens is 1. The summed E-state index contributed by atoms with van der Waals surface area (Å²) in [5.74, 6) is -1.62. The number of nitrogens with zero attached hydrogens (tertiary/aromatic N) is 3. The number of hydrogen-bond donors (Lipinski definition) is 0. The molecule has 5 rings (SSSR count). The molecule has 1 aromatic heterocycles. The van der Waals surface area contributed by atoms with E-state index in [0.29, 0.717) is 24.1 Å². The van der Waals surface area contributed by atoms with E-state index in [0.717, 1.165) is 16.7 Å². The van der Waals surface area contributed by atoms with E-state index in [1.54, 1.807) is 36.5 Å². The molecule has 0 spiro atoms. The smallest absolute Gasteiger partial charge is 0.857 e. The summed E-state index contributed by atoms with van der Waals surface area (Å²) in [6.45, 7) is 0. The molecule has 0 amide bonds. The van der Waals surface area contributed by atoms with Crippen LogP contribution in [0.5, 0.6) is 0 Å². The van der Waals surface area contributed by atoms with E-state index >= 15 is 0 Å². The maximum absolute atomic E-state index is 12.8. The molecule has 1 aliphatic carbocycles. The maximum Gasteiger partial charge on any atom is 2.00 e. The van der Waals surface area contributed by atoms with Gasteiger partial charge in [-0.2, -0.15) is 0 Å². The number of hydrogen-bond acceptors (Lipinski definition) is 6. The van der Waals surface area contributed by atoms with Crippen molar-refractivity contribution >= 4 is 23.8 Å². The third-order valence-electron chi connectivity index (χ3n) is 6.46. The minimum atomic E-state index is -1.24. The second kappa shape index (κ2) is 11.3. The molecule has 0 radical (unpaired) electrons. The predicted octanol–water partition coefficient (Wildman–Crippen LogP) is 3.21. The van der Waals surface area contributed by atoms with E-state index in [9.17, 15) is 15.0 Å². The van der Waals surface area contributed by atoms with E-state index in [4.69, 9.17) is 4.99 Å². The van der Waals surface area contributed by atoms with Gasteiger partial charge in [0.2, 0.25) is 0 Å². The van der Waals surface area contributed by atoms with Gasteiger partial charge in [-0.15, -0.1) is 0 Å². The quantitative estimate of drug-likeness (QED) is 0.207. The molecule has 7 heteroatoms. The predicted molar refractivity (Wildman–Crippen MR) is 135 cm³/mol. The molecule has 0 fully saturated rings. The van der Waals surface area contributed by atoms with Gasteiger partial charge >= 0.3 is 16.5 Å². The first-order valence-corrected chi connectivity index (χ1v) is 11.7. The van der Waals surface area contributed by atoms with Crippen molar-refractivity contribution in [2.75, 3.05) is 0 Å². The Morgan fingerprint density at radius 3 is 2.11 bits per heavy atom. The van der Waals surface area contributed by atoms with Gasteiger partial charge in [0.15, 0.2) is 0 Å². The standard InChI is InChI=1S/C30H25N3O3.Ni/c34-28(26-16-8-9-17-31-26)33-25-15-7-6-14-24(25)27(21-10-2-1-3-11-21)32-20-30(29(35)36)18-22-12-4-5-13-23(22)19-30;/h1-17,20,27H,18-19H2,(H,33,34)(H,35,36);/q;+2/p-2. The summed E-state index contributed by atoms with van der Waals surface area (Å²) in [5, 5.41) is 25.2. The van der Waals surface area contributed by atoms with Crippen LogP contribution in [0.4, 0.5) is 5.69 Å². The van der Waals surface area contributed by atoms with Crippen molar-refractivity contribution in [1.29, 1.82) is 0 Å². The van der Waals surface area contributed by atoms with Crippen LogP contribution in [0, 0.1) is 5.41 Å². The molecule has 37 heavy (non-hydrogen) atoms. The number of carboxylic acids is 1. The normalized spacial score (nSPS) is 15.1. The Morgan fingerprint density at radius 2 is 1.46 bits per heavy atom. The second-order valence-electron chi connectivity index (χ2n) is 8.85. The zero-order chi connectivity index (χ0) is 25.0. The van der Waals surface area contributed by atoms with Crippen LogP contribution in [-0.2, 0) is 34.1 Å². The Bertz CT molecular complexity index is 1410. The van der Waals surface area contributed by atoms with Crippen molar-refractivity contribution in [3.8, 4) is 0 Å². The number of fused-ring (bicyclic) bond motifs is 1. The van der Waals surface area contributed by atoms with Crippen LogP contribution in [0.25, 0.3) is 0 Å². The minimum Gasteiger partial charge on any atom is -0.857 e. The van der Waals surface area contributed by atoms with Crippen LogP contribution < -0.4 is 10.2 Å². The Labute approximate surface area is 225 Å². The van der Waals surface area contributed by atoms with Crippen molar-refractivity contribution in [3.63, 3.8) is 0 Å². The van der Waals surface area contributed by atoms with Gasteiger partial charge in [0.05, 0.1) is 22.8 Å². The monoisotopic (exact) mass is 531 g/mol. The first-order valence-electron chi connectivity index (χ1n) is 11.7. The summed E-state index contributed by atoms with van der Waals surface area (Å²) in [4.78, 5) is 25.6. The van der Waals surface area contributed by atoms with E-state index in [-0.39, 0.29) is 22.2 Å². The Morgan fingerprint density at radius 1 is 0.838 bits per heavy atom. The fourth-order valence-electron chi connectivity index (χ4n) is 4.61. The molecule has 1 unspecified atom stereocenters. The zero-order valence-corrected chi connectivity index (χ0v) is 20.8. The Balaban J connectivity index is 0.00000320. The van der Waals surface area contributed by atoms with Crippen molar-refractivity contribution in [3.05, 3.63) is 131 Å². The topological polar surface area (TPSA) is 101 Å². The second-order valence-corrected chi connectivity index (χ2v) is 8.85. The van der Waals surface area contributed by atoms with E-state index in [1.807, 2.05) is 66.7 Å². The van der Waals surface area contributed by atoms with Crippen LogP contribution in [0.3, 0.4) is 0 Å². The fraction of sp³-hybridized carbons (Fsp3) is 0.133. The van der Waals surface area contributed by atoms with Gasteiger partial charge in [-0.05, 0) is 47.7 Å². The molecule has 0 saturated heterocycles. The minimum absolute atomic E-state index is 0. The average molecular weight is 532 g/mol. The molecule has 6 nitrogen and oxygen atoms in total. The van der Waals surface area contributed by atoms with E-state index < -0.39 is 23.3 Å². The van der Waals surface area contributed by atoms with Crippen LogP contribution >= 0.6 is 0 Å². The summed E-state index contributed by atoms with van der Waals surface area (Å²) in [5.41, 5.74) is 2.97. The van der Waals surface area contributed by atoms with Gasteiger partial charge in [0.1, 0.15) is 6.04 Å². The van der Waals surface area contributed by atoms with Crippen molar-refractivity contribution in [1.82, 2.24) is 4.98 Å². The number of aliphatic imine (C=N–C) groups is 2. The molecule has 4 aromatic rings. The van der Waals surface area contributed by atoms with Crippen molar-refractivity contribution < 1.29 is 31.5 Å². The first kappa shape index (κ1) is 26.0. The van der Waals surface area contributed by atoms with Crippen LogP contribution in [0.1, 0.15) is 34.0 Å². The van der Waals surface area contributed by atoms with Crippen LogP contribution in [0.15, 0.2) is 113 Å².